The summed E-state index contributed by atoms with van der Waals surface area (Å²) in [6.45, 7) is 2.59. The van der Waals surface area contributed by atoms with Crippen LogP contribution in [0.3, 0.4) is 0 Å². The number of ether oxygens (including phenoxy) is 1. The molecule has 1 aliphatic heterocycles. The topological polar surface area (TPSA) is 105 Å². The van der Waals surface area contributed by atoms with Crippen molar-refractivity contribution in [1.82, 2.24) is 20.0 Å². The van der Waals surface area contributed by atoms with E-state index < -0.39 is 0 Å². The van der Waals surface area contributed by atoms with E-state index in [0.29, 0.717) is 29.9 Å². The number of rotatable bonds is 6. The van der Waals surface area contributed by atoms with Gasteiger partial charge in [0.2, 0.25) is 0 Å². The summed E-state index contributed by atoms with van der Waals surface area (Å²) in [7, 11) is 1.62. The van der Waals surface area contributed by atoms with Crippen molar-refractivity contribution in [1.29, 1.82) is 0 Å². The smallest absolute Gasteiger partial charge is 0.315 e. The Morgan fingerprint density at radius 2 is 2.16 bits per heavy atom. The number of aromatic nitrogens is 2. The van der Waals surface area contributed by atoms with Crippen LogP contribution < -0.4 is 26.0 Å². The third kappa shape index (κ3) is 4.43. The van der Waals surface area contributed by atoms with Crippen molar-refractivity contribution in [2.24, 2.45) is 5.92 Å². The molecule has 3 heterocycles. The Balaban J connectivity index is 1.29. The predicted octanol–water partition coefficient (Wildman–Crippen LogP) is 3.63. The van der Waals surface area contributed by atoms with Gasteiger partial charge in [-0.2, -0.15) is 4.37 Å². The highest BCUT2D eigenvalue weighted by molar-refractivity contribution is 7.11. The lowest BCUT2D eigenvalue weighted by molar-refractivity contribution is 0.237. The predicted molar refractivity (Wildman–Crippen MR) is 128 cm³/mol. The summed E-state index contributed by atoms with van der Waals surface area (Å²) in [6.07, 6.45) is 6.30. The number of hydrogen-bond acceptors (Lipinski definition) is 7. The van der Waals surface area contributed by atoms with Crippen LogP contribution in [0.2, 0.25) is 0 Å². The van der Waals surface area contributed by atoms with E-state index >= 15 is 0 Å². The number of urea groups is 1. The summed E-state index contributed by atoms with van der Waals surface area (Å²) in [5, 5.41) is 7.14. The Bertz CT molecular complexity index is 1130. The van der Waals surface area contributed by atoms with Crippen molar-refractivity contribution in [3.05, 3.63) is 30.5 Å². The average molecular weight is 453 g/mol. The van der Waals surface area contributed by atoms with Crippen molar-refractivity contribution in [3.8, 4) is 16.9 Å². The Kier molecular flexibility index (Phi) is 5.73. The third-order valence-corrected chi connectivity index (χ3v) is 7.05. The summed E-state index contributed by atoms with van der Waals surface area (Å²) in [5.41, 5.74) is 10.4. The number of nitrogens with two attached hydrogens (primary N) is 1. The zero-order valence-electron chi connectivity index (χ0n) is 18.1. The third-order valence-electron chi connectivity index (χ3n) is 6.14. The standard InChI is InChI=1S/C23H28N6O2S/c1-31-20-10-15(4-7-18(20)24)16-9-19-21(25-12-16)22(32-28-19)29-8-2-3-14(13-29)11-26-23(30)27-17-5-6-17/h4,7,9-10,12,14,17H,2-3,5-6,8,11,13,24H2,1H3,(H2,26,27,30). The van der Waals surface area contributed by atoms with Gasteiger partial charge in [0, 0.05) is 37.4 Å². The van der Waals surface area contributed by atoms with E-state index in [2.05, 4.69) is 26.0 Å². The molecule has 3 aromatic rings. The molecule has 4 N–H and O–H groups in total. The van der Waals surface area contributed by atoms with Gasteiger partial charge in [0.25, 0.3) is 0 Å². The number of piperidine rings is 1. The van der Waals surface area contributed by atoms with Gasteiger partial charge in [-0.1, -0.05) is 6.07 Å². The minimum atomic E-state index is -0.0404. The minimum Gasteiger partial charge on any atom is -0.495 e. The lowest BCUT2D eigenvalue weighted by atomic mass is 9.98. The summed E-state index contributed by atoms with van der Waals surface area (Å²) >= 11 is 1.50. The molecule has 1 aliphatic carbocycles. The fraction of sp³-hybridized carbons (Fsp3) is 0.435. The number of carbonyl (C=O) groups is 1. The SMILES string of the molecule is COc1cc(-c2cnc3c(N4CCCC(CNC(=O)NC5CC5)C4)snc3c2)ccc1N. The number of anilines is 2. The lowest BCUT2D eigenvalue weighted by Crippen LogP contribution is -2.44. The summed E-state index contributed by atoms with van der Waals surface area (Å²) in [5.74, 6) is 1.08. The second kappa shape index (κ2) is 8.82. The average Bonchev–Trinajstić information content (AvgIpc) is 3.53. The second-order valence-corrected chi connectivity index (χ2v) is 9.37. The number of methoxy groups -OCH3 is 1. The van der Waals surface area contributed by atoms with Crippen molar-refractivity contribution < 1.29 is 9.53 Å². The van der Waals surface area contributed by atoms with E-state index in [1.165, 1.54) is 11.5 Å². The van der Waals surface area contributed by atoms with Crippen LogP contribution in [-0.4, -0.2) is 48.2 Å². The Morgan fingerprint density at radius 3 is 2.97 bits per heavy atom. The maximum Gasteiger partial charge on any atom is 0.315 e. The molecule has 1 unspecified atom stereocenters. The molecule has 168 valence electrons. The van der Waals surface area contributed by atoms with E-state index in [9.17, 15) is 4.79 Å². The molecule has 1 aromatic carbocycles. The molecule has 2 aromatic heterocycles. The van der Waals surface area contributed by atoms with Crippen molar-refractivity contribution >= 4 is 39.3 Å². The van der Waals surface area contributed by atoms with Crippen LogP contribution in [0, 0.1) is 5.92 Å². The number of nitrogens with zero attached hydrogens (tertiary/aromatic N) is 3. The number of nitrogens with one attached hydrogen (secondary N) is 2. The van der Waals surface area contributed by atoms with Crippen LogP contribution in [0.5, 0.6) is 5.75 Å². The van der Waals surface area contributed by atoms with Crippen molar-refractivity contribution in [2.75, 3.05) is 37.4 Å². The van der Waals surface area contributed by atoms with Gasteiger partial charge >= 0.3 is 6.03 Å². The zero-order valence-corrected chi connectivity index (χ0v) is 19.0. The number of hydrogen-bond donors (Lipinski definition) is 3. The summed E-state index contributed by atoms with van der Waals surface area (Å²) in [4.78, 5) is 19.1. The maximum atomic E-state index is 12.0. The number of nitrogen functional groups attached to an aromatic ring is 1. The van der Waals surface area contributed by atoms with Crippen LogP contribution >= 0.6 is 11.5 Å². The first-order chi connectivity index (χ1) is 15.6. The second-order valence-electron chi connectivity index (χ2n) is 8.62. The van der Waals surface area contributed by atoms with Crippen LogP contribution in [0.1, 0.15) is 25.7 Å². The molecule has 1 saturated carbocycles. The fourth-order valence-electron chi connectivity index (χ4n) is 4.20. The molecular weight excluding hydrogens is 424 g/mol. The lowest BCUT2D eigenvalue weighted by Gasteiger charge is -2.33. The number of fused-ring (bicyclic) bond motifs is 1. The van der Waals surface area contributed by atoms with Gasteiger partial charge in [-0.3, -0.25) is 4.98 Å². The summed E-state index contributed by atoms with van der Waals surface area (Å²) < 4.78 is 10.0. The maximum absolute atomic E-state index is 12.0. The van der Waals surface area contributed by atoms with Crippen LogP contribution in [0.25, 0.3) is 22.2 Å². The van der Waals surface area contributed by atoms with Gasteiger partial charge in [-0.05, 0) is 66.9 Å². The first-order valence-electron chi connectivity index (χ1n) is 11.1. The van der Waals surface area contributed by atoms with Crippen molar-refractivity contribution in [2.45, 2.75) is 31.7 Å². The zero-order chi connectivity index (χ0) is 22.1. The Labute approximate surface area is 191 Å². The number of benzene rings is 1. The monoisotopic (exact) mass is 452 g/mol. The van der Waals surface area contributed by atoms with Gasteiger partial charge in [-0.15, -0.1) is 0 Å². The van der Waals surface area contributed by atoms with Gasteiger partial charge < -0.3 is 26.0 Å². The largest absolute Gasteiger partial charge is 0.495 e. The molecule has 1 saturated heterocycles. The fourth-order valence-corrected chi connectivity index (χ4v) is 5.05. The van der Waals surface area contributed by atoms with E-state index in [1.54, 1.807) is 7.11 Å². The molecule has 2 fully saturated rings. The molecule has 1 atom stereocenters. The Morgan fingerprint density at radius 1 is 1.28 bits per heavy atom. The number of pyridine rings is 1. The van der Waals surface area contributed by atoms with Crippen LogP contribution in [-0.2, 0) is 0 Å². The molecule has 0 bridgehead atoms. The molecule has 32 heavy (non-hydrogen) atoms. The molecule has 8 nitrogen and oxygen atoms in total. The van der Waals surface area contributed by atoms with Crippen molar-refractivity contribution in [3.63, 3.8) is 0 Å². The minimum absolute atomic E-state index is 0.0404. The molecule has 5 rings (SSSR count). The quantitative estimate of drug-likeness (QED) is 0.493. The van der Waals surface area contributed by atoms with E-state index in [1.807, 2.05) is 24.4 Å². The summed E-state index contributed by atoms with van der Waals surface area (Å²) in [6, 6.07) is 8.15. The molecular formula is C23H28N6O2S. The molecule has 0 radical (unpaired) electrons. The van der Waals surface area contributed by atoms with Gasteiger partial charge in [0.1, 0.15) is 21.8 Å². The number of carbonyl (C=O) groups excluding carboxylic acids is 1. The highest BCUT2D eigenvalue weighted by Crippen LogP contribution is 2.35. The van der Waals surface area contributed by atoms with E-state index in [4.69, 9.17) is 15.5 Å². The highest BCUT2D eigenvalue weighted by atomic mass is 32.1. The Hall–Kier alpha value is -3.07. The van der Waals surface area contributed by atoms with Crippen LogP contribution in [0.15, 0.2) is 30.5 Å². The normalized spacial score (nSPS) is 18.5. The van der Waals surface area contributed by atoms with Gasteiger partial charge in [0.05, 0.1) is 12.8 Å². The number of amides is 2. The van der Waals surface area contributed by atoms with Gasteiger partial charge in [0.15, 0.2) is 0 Å². The molecule has 9 heteroatoms. The van der Waals surface area contributed by atoms with E-state index in [0.717, 1.165) is 65.9 Å². The van der Waals surface area contributed by atoms with Crippen LogP contribution in [0.4, 0.5) is 15.5 Å². The highest BCUT2D eigenvalue weighted by Gasteiger charge is 2.26. The molecule has 2 aliphatic rings. The van der Waals surface area contributed by atoms with E-state index in [-0.39, 0.29) is 6.03 Å². The first kappa shape index (κ1) is 20.8. The van der Waals surface area contributed by atoms with Gasteiger partial charge in [-0.25, -0.2) is 4.79 Å². The first-order valence-corrected chi connectivity index (χ1v) is 11.9. The molecule has 2 amide bonds. The molecule has 0 spiro atoms.